The van der Waals surface area contributed by atoms with E-state index in [1.165, 1.54) is 30.3 Å². The van der Waals surface area contributed by atoms with Crippen LogP contribution < -0.4 is 5.32 Å². The van der Waals surface area contributed by atoms with Gasteiger partial charge in [0.15, 0.2) is 0 Å². The standard InChI is InChI=1S/C18H14N2O7S/c1-10-6-7-14(20(23)24)13(8-10)18(22)19-17-12-5-3-2-4-11(12)15(21)9-16(17)28(25,26)27/h2-9,21H,1H3,(H,19,22)(H,25,26,27). The van der Waals surface area contributed by atoms with E-state index in [-0.39, 0.29) is 22.0 Å². The lowest BCUT2D eigenvalue weighted by molar-refractivity contribution is -0.385. The number of aryl methyl sites for hydroxylation is 1. The molecule has 0 heterocycles. The zero-order valence-corrected chi connectivity index (χ0v) is 15.2. The number of phenols is 1. The number of aromatic hydroxyl groups is 1. The molecule has 0 atom stereocenters. The van der Waals surface area contributed by atoms with Gasteiger partial charge in [-0.05, 0) is 18.6 Å². The van der Waals surface area contributed by atoms with Crippen molar-refractivity contribution in [2.45, 2.75) is 11.8 Å². The van der Waals surface area contributed by atoms with Gasteiger partial charge in [0.1, 0.15) is 16.2 Å². The molecular formula is C18H14N2O7S. The molecule has 0 fully saturated rings. The highest BCUT2D eigenvalue weighted by Gasteiger charge is 2.25. The van der Waals surface area contributed by atoms with Gasteiger partial charge in [0.2, 0.25) is 0 Å². The largest absolute Gasteiger partial charge is 0.507 e. The fourth-order valence-electron chi connectivity index (χ4n) is 2.84. The molecule has 0 aliphatic heterocycles. The van der Waals surface area contributed by atoms with Crippen LogP contribution in [0.4, 0.5) is 11.4 Å². The van der Waals surface area contributed by atoms with Crippen LogP contribution in [-0.4, -0.2) is 28.9 Å². The molecule has 0 saturated carbocycles. The van der Waals surface area contributed by atoms with Gasteiger partial charge in [-0.15, -0.1) is 0 Å². The molecule has 9 nitrogen and oxygen atoms in total. The predicted molar refractivity (Wildman–Crippen MR) is 101 cm³/mol. The molecule has 3 aromatic carbocycles. The average molecular weight is 402 g/mol. The molecule has 0 aliphatic rings. The van der Waals surface area contributed by atoms with Crippen LogP contribution in [0.2, 0.25) is 0 Å². The summed E-state index contributed by atoms with van der Waals surface area (Å²) in [6.45, 7) is 1.64. The van der Waals surface area contributed by atoms with Crippen LogP contribution in [0.25, 0.3) is 10.8 Å². The van der Waals surface area contributed by atoms with Crippen molar-refractivity contribution >= 4 is 38.2 Å². The second-order valence-electron chi connectivity index (χ2n) is 6.02. The van der Waals surface area contributed by atoms with Crippen LogP contribution in [0, 0.1) is 17.0 Å². The van der Waals surface area contributed by atoms with Gasteiger partial charge in [-0.3, -0.25) is 19.5 Å². The predicted octanol–water partition coefficient (Wildman–Crippen LogP) is 3.26. The molecular weight excluding hydrogens is 388 g/mol. The summed E-state index contributed by atoms with van der Waals surface area (Å²) in [7, 11) is -4.82. The Morgan fingerprint density at radius 3 is 2.36 bits per heavy atom. The summed E-state index contributed by atoms with van der Waals surface area (Å²) in [5.74, 6) is -1.35. The quantitative estimate of drug-likeness (QED) is 0.263. The van der Waals surface area contributed by atoms with Crippen LogP contribution >= 0.6 is 0 Å². The first-order chi connectivity index (χ1) is 13.1. The number of nitrogens with one attached hydrogen (secondary N) is 1. The Morgan fingerprint density at radius 2 is 1.75 bits per heavy atom. The van der Waals surface area contributed by atoms with Crippen molar-refractivity contribution < 1.29 is 27.8 Å². The highest BCUT2D eigenvalue weighted by Crippen LogP contribution is 2.37. The first kappa shape index (κ1) is 19.3. The first-order valence-electron chi connectivity index (χ1n) is 7.88. The van der Waals surface area contributed by atoms with Crippen LogP contribution in [-0.2, 0) is 10.1 Å². The minimum atomic E-state index is -4.82. The van der Waals surface area contributed by atoms with E-state index in [1.807, 2.05) is 0 Å². The van der Waals surface area contributed by atoms with E-state index in [2.05, 4.69) is 5.32 Å². The third-order valence-corrected chi connectivity index (χ3v) is 4.97. The zero-order chi connectivity index (χ0) is 20.6. The Morgan fingerprint density at radius 1 is 1.11 bits per heavy atom. The van der Waals surface area contributed by atoms with E-state index in [0.29, 0.717) is 5.56 Å². The average Bonchev–Trinajstić information content (AvgIpc) is 2.62. The number of amides is 1. The van der Waals surface area contributed by atoms with Gasteiger partial charge in [-0.2, -0.15) is 8.42 Å². The Labute approximate surface area is 159 Å². The summed E-state index contributed by atoms with van der Waals surface area (Å²) >= 11 is 0. The summed E-state index contributed by atoms with van der Waals surface area (Å²) in [4.78, 5) is 22.5. The van der Waals surface area contributed by atoms with Crippen molar-refractivity contribution in [3.63, 3.8) is 0 Å². The molecule has 3 aromatic rings. The lowest BCUT2D eigenvalue weighted by Crippen LogP contribution is -2.17. The smallest absolute Gasteiger partial charge is 0.296 e. The van der Waals surface area contributed by atoms with E-state index in [1.54, 1.807) is 19.1 Å². The van der Waals surface area contributed by atoms with Gasteiger partial charge in [0.05, 0.1) is 10.6 Å². The van der Waals surface area contributed by atoms with E-state index in [9.17, 15) is 33.0 Å². The molecule has 1 amide bonds. The molecule has 28 heavy (non-hydrogen) atoms. The number of carbonyl (C=O) groups is 1. The topological polar surface area (TPSA) is 147 Å². The molecule has 144 valence electrons. The van der Waals surface area contributed by atoms with Crippen molar-refractivity contribution in [2.75, 3.05) is 5.32 Å². The van der Waals surface area contributed by atoms with Crippen molar-refractivity contribution in [1.29, 1.82) is 0 Å². The SMILES string of the molecule is Cc1ccc([N+](=O)[O-])c(C(=O)Nc2c(S(=O)(=O)O)cc(O)c3ccccc23)c1. The molecule has 0 radical (unpaired) electrons. The van der Waals surface area contributed by atoms with Crippen LogP contribution in [0.15, 0.2) is 53.4 Å². The number of anilines is 1. The Hall–Kier alpha value is -3.50. The van der Waals surface area contributed by atoms with Crippen molar-refractivity contribution in [3.05, 3.63) is 69.8 Å². The molecule has 3 N–H and O–H groups in total. The summed E-state index contributed by atoms with van der Waals surface area (Å²) in [6.07, 6.45) is 0. The molecule has 3 rings (SSSR count). The van der Waals surface area contributed by atoms with E-state index in [4.69, 9.17) is 0 Å². The third kappa shape index (κ3) is 3.50. The minimum Gasteiger partial charge on any atom is -0.507 e. The van der Waals surface area contributed by atoms with Gasteiger partial charge in [0, 0.05) is 22.9 Å². The molecule has 0 spiro atoms. The molecule has 0 bridgehead atoms. The maximum absolute atomic E-state index is 12.7. The number of fused-ring (bicyclic) bond motifs is 1. The summed E-state index contributed by atoms with van der Waals surface area (Å²) in [5, 5.41) is 24.0. The molecule has 10 heteroatoms. The lowest BCUT2D eigenvalue weighted by Gasteiger charge is -2.14. The summed E-state index contributed by atoms with van der Waals surface area (Å²) < 4.78 is 33.1. The van der Waals surface area contributed by atoms with Crippen molar-refractivity contribution in [1.82, 2.24) is 0 Å². The fraction of sp³-hybridized carbons (Fsp3) is 0.0556. The number of nitro groups is 1. The number of nitrogens with zero attached hydrogens (tertiary/aromatic N) is 1. The Kier molecular flexibility index (Phi) is 4.75. The van der Waals surface area contributed by atoms with Crippen LogP contribution in [0.5, 0.6) is 5.75 Å². The molecule has 0 unspecified atom stereocenters. The summed E-state index contributed by atoms with van der Waals surface area (Å²) in [6, 6.07) is 10.8. The number of nitro benzene ring substituents is 1. The number of rotatable bonds is 4. The number of hydrogen-bond acceptors (Lipinski definition) is 6. The van der Waals surface area contributed by atoms with E-state index < -0.39 is 37.3 Å². The monoisotopic (exact) mass is 402 g/mol. The second kappa shape index (κ2) is 6.91. The number of benzene rings is 3. The van der Waals surface area contributed by atoms with Gasteiger partial charge in [-0.25, -0.2) is 0 Å². The molecule has 0 aliphatic carbocycles. The normalized spacial score (nSPS) is 11.4. The number of carbonyl (C=O) groups excluding carboxylic acids is 1. The number of hydrogen-bond donors (Lipinski definition) is 3. The van der Waals surface area contributed by atoms with Crippen molar-refractivity contribution in [2.24, 2.45) is 0 Å². The van der Waals surface area contributed by atoms with Gasteiger partial charge in [0.25, 0.3) is 21.7 Å². The van der Waals surface area contributed by atoms with Gasteiger partial charge in [-0.1, -0.05) is 30.3 Å². The van der Waals surface area contributed by atoms with Gasteiger partial charge >= 0.3 is 0 Å². The van der Waals surface area contributed by atoms with Crippen LogP contribution in [0.3, 0.4) is 0 Å². The second-order valence-corrected chi connectivity index (χ2v) is 7.41. The van der Waals surface area contributed by atoms with E-state index in [0.717, 1.165) is 6.07 Å². The maximum atomic E-state index is 12.7. The Balaban J connectivity index is 2.23. The van der Waals surface area contributed by atoms with Crippen LogP contribution in [0.1, 0.15) is 15.9 Å². The lowest BCUT2D eigenvalue weighted by atomic mass is 10.1. The minimum absolute atomic E-state index is 0.138. The fourth-order valence-corrected chi connectivity index (χ4v) is 3.52. The maximum Gasteiger partial charge on any atom is 0.296 e. The van der Waals surface area contributed by atoms with Crippen molar-refractivity contribution in [3.8, 4) is 5.75 Å². The highest BCUT2D eigenvalue weighted by molar-refractivity contribution is 7.86. The molecule has 0 aromatic heterocycles. The first-order valence-corrected chi connectivity index (χ1v) is 9.32. The highest BCUT2D eigenvalue weighted by atomic mass is 32.2. The summed E-state index contributed by atoms with van der Waals surface area (Å²) in [5.41, 5.74) is -0.443. The third-order valence-electron chi connectivity index (χ3n) is 4.10. The Bertz CT molecular complexity index is 1240. The number of phenolic OH excluding ortho intramolecular Hbond substituents is 1. The van der Waals surface area contributed by atoms with E-state index >= 15 is 0 Å². The van der Waals surface area contributed by atoms with Gasteiger partial charge < -0.3 is 10.4 Å². The molecule has 0 saturated heterocycles. The zero-order valence-electron chi connectivity index (χ0n) is 14.4.